The topological polar surface area (TPSA) is 53.1 Å². The van der Waals surface area contributed by atoms with Gasteiger partial charge in [-0.2, -0.15) is 0 Å². The number of hydrogen-bond acceptors (Lipinski definition) is 5. The second-order valence-corrected chi connectivity index (χ2v) is 8.87. The first-order valence-electron chi connectivity index (χ1n) is 12.0. The fourth-order valence-corrected chi connectivity index (χ4v) is 4.95. The van der Waals surface area contributed by atoms with E-state index in [0.717, 1.165) is 61.2 Å². The summed E-state index contributed by atoms with van der Waals surface area (Å²) < 4.78 is 27.0. The molecule has 5 rings (SSSR count). The quantitative estimate of drug-likeness (QED) is 0.210. The Kier molecular flexibility index (Phi) is 12.0. The summed E-state index contributed by atoms with van der Waals surface area (Å²) in [6.07, 6.45) is 8.00. The van der Waals surface area contributed by atoms with Crippen molar-refractivity contribution < 1.29 is 8.78 Å². The number of nitrogens with one attached hydrogen (secondary N) is 2. The molecular formula is C27H32Cl3F2N5. The van der Waals surface area contributed by atoms with Crippen LogP contribution in [0, 0.1) is 11.6 Å². The first kappa shape index (κ1) is 30.8. The van der Waals surface area contributed by atoms with Gasteiger partial charge in [0.05, 0.1) is 11.0 Å². The van der Waals surface area contributed by atoms with Crippen LogP contribution in [-0.4, -0.2) is 47.1 Å². The molecule has 3 heterocycles. The van der Waals surface area contributed by atoms with Gasteiger partial charge in [-0.15, -0.1) is 37.2 Å². The lowest BCUT2D eigenvalue weighted by atomic mass is 10.1. The largest absolute Gasteiger partial charge is 0.384 e. The lowest BCUT2D eigenvalue weighted by molar-refractivity contribution is 0.246. The van der Waals surface area contributed by atoms with Gasteiger partial charge in [0.25, 0.3) is 0 Å². The van der Waals surface area contributed by atoms with Crippen molar-refractivity contribution in [2.24, 2.45) is 0 Å². The van der Waals surface area contributed by atoms with Crippen LogP contribution in [0.4, 0.5) is 20.2 Å². The number of likely N-dealkylation sites (tertiary alicyclic amines) is 1. The number of anilines is 2. The molecule has 0 radical (unpaired) electrons. The first-order chi connectivity index (χ1) is 16.7. The van der Waals surface area contributed by atoms with E-state index in [1.54, 1.807) is 24.5 Å². The molecule has 2 N–H and O–H groups in total. The molecule has 4 aromatic rings. The molecule has 37 heavy (non-hydrogen) atoms. The summed E-state index contributed by atoms with van der Waals surface area (Å²) in [4.78, 5) is 11.1. The maximum absolute atomic E-state index is 13.5. The van der Waals surface area contributed by atoms with Crippen LogP contribution < -0.4 is 10.6 Å². The molecule has 0 amide bonds. The highest BCUT2D eigenvalue weighted by atomic mass is 35.5. The molecule has 0 aliphatic carbocycles. The first-order valence-corrected chi connectivity index (χ1v) is 12.0. The number of benzene rings is 2. The average Bonchev–Trinajstić information content (AvgIpc) is 3.28. The number of nitrogens with zero attached hydrogens (tertiary/aromatic N) is 3. The molecule has 10 heteroatoms. The van der Waals surface area contributed by atoms with Gasteiger partial charge in [0.1, 0.15) is 11.6 Å². The Balaban J connectivity index is 0.00000160. The molecule has 2 aromatic carbocycles. The normalized spacial score (nSPS) is 15.0. The molecule has 2 aromatic heterocycles. The third-order valence-electron chi connectivity index (χ3n) is 6.64. The van der Waals surface area contributed by atoms with Crippen molar-refractivity contribution in [3.63, 3.8) is 0 Å². The zero-order valence-electron chi connectivity index (χ0n) is 20.3. The predicted octanol–water partition coefficient (Wildman–Crippen LogP) is 7.10. The summed E-state index contributed by atoms with van der Waals surface area (Å²) in [5.74, 6) is -0.531. The summed E-state index contributed by atoms with van der Waals surface area (Å²) in [6.45, 7) is 3.92. The van der Waals surface area contributed by atoms with E-state index in [1.807, 2.05) is 12.1 Å². The fourth-order valence-electron chi connectivity index (χ4n) is 4.95. The Morgan fingerprint density at radius 3 is 1.95 bits per heavy atom. The maximum Gasteiger partial charge on any atom is 0.125 e. The Hall–Kier alpha value is -2.45. The van der Waals surface area contributed by atoms with Crippen LogP contribution in [0.2, 0.25) is 0 Å². The molecule has 1 atom stereocenters. The molecule has 200 valence electrons. The molecule has 0 unspecified atom stereocenters. The maximum atomic E-state index is 13.5. The van der Waals surface area contributed by atoms with Crippen LogP contribution in [-0.2, 0) is 0 Å². The lowest BCUT2D eigenvalue weighted by Gasteiger charge is -2.25. The Morgan fingerprint density at radius 1 is 0.784 bits per heavy atom. The molecular weight excluding hydrogens is 539 g/mol. The highest BCUT2D eigenvalue weighted by Crippen LogP contribution is 2.25. The van der Waals surface area contributed by atoms with Gasteiger partial charge in [-0.1, -0.05) is 0 Å². The van der Waals surface area contributed by atoms with E-state index in [1.165, 1.54) is 37.1 Å². The van der Waals surface area contributed by atoms with Crippen LogP contribution in [0.1, 0.15) is 25.7 Å². The zero-order valence-corrected chi connectivity index (χ0v) is 22.8. The molecule has 1 aliphatic heterocycles. The minimum Gasteiger partial charge on any atom is -0.384 e. The molecule has 0 spiro atoms. The number of halogens is 5. The second-order valence-electron chi connectivity index (χ2n) is 8.87. The Labute approximate surface area is 234 Å². The van der Waals surface area contributed by atoms with E-state index in [2.05, 4.69) is 25.5 Å². The van der Waals surface area contributed by atoms with Gasteiger partial charge in [-0.05, 0) is 68.6 Å². The number of fused-ring (bicyclic) bond motifs is 2. The summed E-state index contributed by atoms with van der Waals surface area (Å²) in [5, 5.41) is 8.92. The third-order valence-corrected chi connectivity index (χ3v) is 6.64. The fraction of sp³-hybridized carbons (Fsp3) is 0.333. The van der Waals surface area contributed by atoms with Gasteiger partial charge >= 0.3 is 0 Å². The smallest absolute Gasteiger partial charge is 0.125 e. The summed E-state index contributed by atoms with van der Waals surface area (Å²) >= 11 is 0. The van der Waals surface area contributed by atoms with Crippen molar-refractivity contribution in [3.8, 4) is 0 Å². The van der Waals surface area contributed by atoms with Crippen LogP contribution in [0.15, 0.2) is 60.9 Å². The van der Waals surface area contributed by atoms with E-state index in [9.17, 15) is 8.78 Å². The number of aromatic nitrogens is 2. The van der Waals surface area contributed by atoms with Crippen molar-refractivity contribution in [1.29, 1.82) is 0 Å². The van der Waals surface area contributed by atoms with Gasteiger partial charge in [-0.25, -0.2) is 8.78 Å². The predicted molar refractivity (Wildman–Crippen MR) is 156 cm³/mol. The summed E-state index contributed by atoms with van der Waals surface area (Å²) in [6, 6.07) is 13.9. The van der Waals surface area contributed by atoms with Crippen LogP contribution >= 0.6 is 37.2 Å². The third kappa shape index (κ3) is 7.54. The molecule has 1 saturated heterocycles. The van der Waals surface area contributed by atoms with Gasteiger partial charge in [0, 0.05) is 72.3 Å². The Bertz CT molecular complexity index is 1290. The van der Waals surface area contributed by atoms with Crippen molar-refractivity contribution in [3.05, 3.63) is 72.6 Å². The highest BCUT2D eigenvalue weighted by Gasteiger charge is 2.23. The number of pyridine rings is 2. The van der Waals surface area contributed by atoms with E-state index in [4.69, 9.17) is 0 Å². The van der Waals surface area contributed by atoms with Crippen molar-refractivity contribution in [2.45, 2.75) is 31.7 Å². The van der Waals surface area contributed by atoms with Gasteiger partial charge in [0.15, 0.2) is 0 Å². The van der Waals surface area contributed by atoms with E-state index in [0.29, 0.717) is 17.1 Å². The van der Waals surface area contributed by atoms with Gasteiger partial charge in [0.2, 0.25) is 0 Å². The Morgan fingerprint density at radius 2 is 1.35 bits per heavy atom. The number of hydrogen-bond donors (Lipinski definition) is 2. The van der Waals surface area contributed by atoms with Crippen LogP contribution in [0.3, 0.4) is 0 Å². The minimum atomic E-state index is -0.266. The summed E-state index contributed by atoms with van der Waals surface area (Å²) in [7, 11) is 0. The van der Waals surface area contributed by atoms with Crippen molar-refractivity contribution in [1.82, 2.24) is 14.9 Å². The minimum absolute atomic E-state index is 0. The monoisotopic (exact) mass is 569 g/mol. The van der Waals surface area contributed by atoms with E-state index >= 15 is 0 Å². The molecule has 1 fully saturated rings. The molecule has 0 bridgehead atoms. The standard InChI is InChI=1S/C27H29F2N5.3ClH/c28-19-4-6-22-24(9-13-32-26(22)17-19)30-11-2-16-34-15-1-3-21(34)8-12-31-25-10-14-33-27-18-20(29)5-7-23(25)27;;;/h4-7,9-10,13-14,17-18,21H,1-3,8,11-12,15-16H2,(H,30,32)(H,31,33);3*1H/t21-;;;/m0.../s1. The molecule has 0 saturated carbocycles. The van der Waals surface area contributed by atoms with Gasteiger partial charge < -0.3 is 15.5 Å². The summed E-state index contributed by atoms with van der Waals surface area (Å²) in [5.41, 5.74) is 3.34. The van der Waals surface area contributed by atoms with Crippen LogP contribution in [0.5, 0.6) is 0 Å². The van der Waals surface area contributed by atoms with Crippen LogP contribution in [0.25, 0.3) is 21.8 Å². The zero-order chi connectivity index (χ0) is 23.3. The lowest BCUT2D eigenvalue weighted by Crippen LogP contribution is -2.32. The average molecular weight is 571 g/mol. The van der Waals surface area contributed by atoms with E-state index < -0.39 is 0 Å². The SMILES string of the molecule is Cl.Cl.Cl.Fc1ccc2c(NCCCN3CCC[C@H]3CCNc3ccnc4cc(F)ccc34)ccnc2c1. The molecule has 1 aliphatic rings. The molecule has 5 nitrogen and oxygen atoms in total. The highest BCUT2D eigenvalue weighted by molar-refractivity contribution is 5.91. The van der Waals surface area contributed by atoms with Crippen molar-refractivity contribution in [2.75, 3.05) is 36.8 Å². The van der Waals surface area contributed by atoms with E-state index in [-0.39, 0.29) is 48.9 Å². The van der Waals surface area contributed by atoms with Crippen molar-refractivity contribution >= 4 is 70.4 Å². The number of rotatable bonds is 9. The second kappa shape index (κ2) is 14.5. The van der Waals surface area contributed by atoms with Gasteiger partial charge in [-0.3, -0.25) is 9.97 Å².